The number of hydrogen-bond acceptors (Lipinski definition) is 4. The summed E-state index contributed by atoms with van der Waals surface area (Å²) in [6.07, 6.45) is 2.98. The lowest BCUT2D eigenvalue weighted by Crippen LogP contribution is -2.40. The van der Waals surface area contributed by atoms with Crippen molar-refractivity contribution in [2.45, 2.75) is 39.8 Å². The number of aliphatic carboxylic acids is 1. The van der Waals surface area contributed by atoms with Gasteiger partial charge in [0.05, 0.1) is 10.5 Å². The summed E-state index contributed by atoms with van der Waals surface area (Å²) in [6.45, 7) is 4.19. The summed E-state index contributed by atoms with van der Waals surface area (Å²) in [5, 5.41) is 9.03. The van der Waals surface area contributed by atoms with Gasteiger partial charge in [-0.15, -0.1) is 0 Å². The Kier molecular flexibility index (Phi) is 6.12. The quantitative estimate of drug-likeness (QED) is 0.605. The van der Waals surface area contributed by atoms with Gasteiger partial charge in [-0.2, -0.15) is 0 Å². The van der Waals surface area contributed by atoms with E-state index in [1.807, 2.05) is 13.8 Å². The monoisotopic (exact) mass is 419 g/mol. The van der Waals surface area contributed by atoms with E-state index in [4.69, 9.17) is 21.4 Å². The summed E-state index contributed by atoms with van der Waals surface area (Å²) >= 11 is 6.44. The van der Waals surface area contributed by atoms with Gasteiger partial charge in [0, 0.05) is 25.0 Å². The predicted molar refractivity (Wildman–Crippen MR) is 111 cm³/mol. The van der Waals surface area contributed by atoms with Crippen LogP contribution in [0.4, 0.5) is 0 Å². The first kappa shape index (κ1) is 20.7. The lowest BCUT2D eigenvalue weighted by atomic mass is 10.3. The van der Waals surface area contributed by atoms with E-state index in [0.29, 0.717) is 47.0 Å². The molecular weight excluding hydrogens is 398 g/mol. The van der Waals surface area contributed by atoms with Gasteiger partial charge in [-0.1, -0.05) is 25.4 Å². The molecule has 3 rings (SSSR count). The first-order chi connectivity index (χ1) is 13.9. The lowest BCUT2D eigenvalue weighted by molar-refractivity contribution is -0.139. The molecule has 1 N–H and O–H groups in total. The van der Waals surface area contributed by atoms with Gasteiger partial charge in [0.15, 0.2) is 6.61 Å². The molecule has 154 valence electrons. The highest BCUT2D eigenvalue weighted by atomic mass is 35.5. The average Bonchev–Trinajstić information content (AvgIpc) is 3.04. The fraction of sp³-hybridized carbons (Fsp3) is 0.350. The Morgan fingerprint density at radius 2 is 1.66 bits per heavy atom. The van der Waals surface area contributed by atoms with Crippen LogP contribution < -0.4 is 16.0 Å². The molecule has 9 heteroatoms. The standard InChI is InChI=1S/C20H22ClN3O5/c1-3-9-22-17-15(21)11-24(18(17)19(27)23(10-4-2)20(22)28)13-5-7-14(8-6-13)29-12-16(25)26/h5-8,11H,3-4,9-10,12H2,1-2H3,(H,25,26). The summed E-state index contributed by atoms with van der Waals surface area (Å²) < 4.78 is 9.59. The molecule has 0 amide bonds. The fourth-order valence-corrected chi connectivity index (χ4v) is 3.58. The van der Waals surface area contributed by atoms with Crippen molar-refractivity contribution in [1.82, 2.24) is 13.7 Å². The Hall–Kier alpha value is -3.00. The number of hydrogen-bond donors (Lipinski definition) is 1. The molecule has 0 saturated carbocycles. The summed E-state index contributed by atoms with van der Waals surface area (Å²) in [4.78, 5) is 36.6. The van der Waals surface area contributed by atoms with E-state index < -0.39 is 18.1 Å². The molecule has 0 bridgehead atoms. The number of rotatable bonds is 8. The molecule has 0 saturated heterocycles. The average molecular weight is 420 g/mol. The number of carbonyl (C=O) groups is 1. The zero-order valence-electron chi connectivity index (χ0n) is 16.2. The van der Waals surface area contributed by atoms with Gasteiger partial charge in [0.25, 0.3) is 5.56 Å². The molecule has 0 fully saturated rings. The summed E-state index contributed by atoms with van der Waals surface area (Å²) in [6, 6.07) is 6.63. The van der Waals surface area contributed by atoms with Gasteiger partial charge >= 0.3 is 11.7 Å². The SMILES string of the molecule is CCCn1c(=O)c2c(c(Cl)cn2-c2ccc(OCC(=O)O)cc2)n(CCC)c1=O. The maximum atomic E-state index is 13.1. The van der Waals surface area contributed by atoms with E-state index in [1.54, 1.807) is 39.6 Å². The smallest absolute Gasteiger partial charge is 0.341 e. The minimum atomic E-state index is -1.07. The third-order valence-corrected chi connectivity index (χ3v) is 4.76. The summed E-state index contributed by atoms with van der Waals surface area (Å²) in [5.41, 5.74) is 0.643. The molecule has 3 aromatic rings. The third kappa shape index (κ3) is 3.93. The van der Waals surface area contributed by atoms with Gasteiger partial charge in [-0.05, 0) is 37.1 Å². The van der Waals surface area contributed by atoms with Crippen molar-refractivity contribution in [1.29, 1.82) is 0 Å². The summed E-state index contributed by atoms with van der Waals surface area (Å²) in [7, 11) is 0. The Balaban J connectivity index is 2.20. The van der Waals surface area contributed by atoms with Crippen molar-refractivity contribution in [2.24, 2.45) is 0 Å². The fourth-order valence-electron chi connectivity index (χ4n) is 3.29. The number of halogens is 1. The highest BCUT2D eigenvalue weighted by Crippen LogP contribution is 2.27. The molecule has 0 unspecified atom stereocenters. The highest BCUT2D eigenvalue weighted by Gasteiger charge is 2.20. The van der Waals surface area contributed by atoms with E-state index in [2.05, 4.69) is 0 Å². The molecule has 1 aromatic carbocycles. The predicted octanol–water partition coefficient (Wildman–Crippen LogP) is 2.89. The van der Waals surface area contributed by atoms with Crippen molar-refractivity contribution < 1.29 is 14.6 Å². The van der Waals surface area contributed by atoms with Crippen molar-refractivity contribution in [3.05, 3.63) is 56.3 Å². The Morgan fingerprint density at radius 1 is 1.03 bits per heavy atom. The maximum absolute atomic E-state index is 13.1. The molecule has 2 aromatic heterocycles. The normalized spacial score (nSPS) is 11.1. The summed E-state index contributed by atoms with van der Waals surface area (Å²) in [5.74, 6) is -0.673. The minimum Gasteiger partial charge on any atom is -0.482 e. The number of carboxylic acid groups (broad SMARTS) is 1. The highest BCUT2D eigenvalue weighted by molar-refractivity contribution is 6.35. The van der Waals surface area contributed by atoms with Crippen molar-refractivity contribution in [3.63, 3.8) is 0 Å². The second-order valence-electron chi connectivity index (χ2n) is 6.61. The van der Waals surface area contributed by atoms with Crippen LogP contribution in [0.15, 0.2) is 40.1 Å². The van der Waals surface area contributed by atoms with E-state index in [1.165, 1.54) is 4.57 Å². The van der Waals surface area contributed by atoms with Crippen molar-refractivity contribution in [3.8, 4) is 11.4 Å². The zero-order chi connectivity index (χ0) is 21.1. The van der Waals surface area contributed by atoms with Crippen LogP contribution in [-0.2, 0) is 17.9 Å². The Bertz CT molecular complexity index is 1160. The molecular formula is C20H22ClN3O5. The number of ether oxygens (including phenoxy) is 1. The van der Waals surface area contributed by atoms with E-state index in [0.717, 1.165) is 6.42 Å². The number of nitrogens with zero attached hydrogens (tertiary/aromatic N) is 3. The van der Waals surface area contributed by atoms with Gasteiger partial charge < -0.3 is 14.4 Å². The maximum Gasteiger partial charge on any atom is 0.341 e. The zero-order valence-corrected chi connectivity index (χ0v) is 17.0. The van der Waals surface area contributed by atoms with Crippen LogP contribution in [0.3, 0.4) is 0 Å². The van der Waals surface area contributed by atoms with Crippen LogP contribution in [-0.4, -0.2) is 31.4 Å². The van der Waals surface area contributed by atoms with E-state index in [9.17, 15) is 14.4 Å². The lowest BCUT2D eigenvalue weighted by Gasteiger charge is -2.13. The van der Waals surface area contributed by atoms with E-state index >= 15 is 0 Å². The molecule has 0 atom stereocenters. The van der Waals surface area contributed by atoms with Crippen LogP contribution >= 0.6 is 11.6 Å². The van der Waals surface area contributed by atoms with Crippen LogP contribution in [0, 0.1) is 0 Å². The molecule has 0 aliphatic carbocycles. The molecule has 0 aliphatic heterocycles. The number of aromatic nitrogens is 3. The van der Waals surface area contributed by atoms with Crippen molar-refractivity contribution >= 4 is 28.6 Å². The van der Waals surface area contributed by atoms with Gasteiger partial charge in [-0.25, -0.2) is 9.59 Å². The van der Waals surface area contributed by atoms with Gasteiger partial charge in [-0.3, -0.25) is 13.9 Å². The molecule has 29 heavy (non-hydrogen) atoms. The number of benzene rings is 1. The minimum absolute atomic E-state index is 0.317. The van der Waals surface area contributed by atoms with Crippen LogP contribution in [0.1, 0.15) is 26.7 Å². The second-order valence-corrected chi connectivity index (χ2v) is 7.02. The Morgan fingerprint density at radius 3 is 2.24 bits per heavy atom. The molecule has 0 radical (unpaired) electrons. The van der Waals surface area contributed by atoms with Crippen LogP contribution in [0.25, 0.3) is 16.7 Å². The molecule has 0 aliphatic rings. The Labute approximate surface area is 171 Å². The number of aryl methyl sites for hydroxylation is 1. The van der Waals surface area contributed by atoms with Crippen LogP contribution in [0.5, 0.6) is 5.75 Å². The van der Waals surface area contributed by atoms with Gasteiger partial charge in [0.2, 0.25) is 0 Å². The molecule has 2 heterocycles. The first-order valence-electron chi connectivity index (χ1n) is 9.38. The topological polar surface area (TPSA) is 95.5 Å². The largest absolute Gasteiger partial charge is 0.482 e. The van der Waals surface area contributed by atoms with Crippen LogP contribution in [0.2, 0.25) is 5.02 Å². The van der Waals surface area contributed by atoms with E-state index in [-0.39, 0.29) is 5.69 Å². The first-order valence-corrected chi connectivity index (χ1v) is 9.76. The van der Waals surface area contributed by atoms with Gasteiger partial charge in [0.1, 0.15) is 11.3 Å². The number of carboxylic acids is 1. The third-order valence-electron chi connectivity index (χ3n) is 4.48. The van der Waals surface area contributed by atoms with Crippen molar-refractivity contribution in [2.75, 3.05) is 6.61 Å². The molecule has 0 spiro atoms. The number of fused-ring (bicyclic) bond motifs is 1. The molecule has 8 nitrogen and oxygen atoms in total. The second kappa shape index (κ2) is 8.57.